The molecule has 0 aliphatic rings. The van der Waals surface area contributed by atoms with Gasteiger partial charge in [-0.3, -0.25) is 19.6 Å². The second kappa shape index (κ2) is 9.53. The number of hydroxylamine groups is 1. The average Bonchev–Trinajstić information content (AvgIpc) is 2.67. The van der Waals surface area contributed by atoms with Gasteiger partial charge in [0.1, 0.15) is 6.10 Å². The van der Waals surface area contributed by atoms with Crippen molar-refractivity contribution < 1.29 is 29.4 Å². The molecule has 0 radical (unpaired) electrons. The van der Waals surface area contributed by atoms with Gasteiger partial charge in [-0.1, -0.05) is 11.8 Å². The van der Waals surface area contributed by atoms with Crippen molar-refractivity contribution in [1.29, 1.82) is 0 Å². The first-order valence-electron chi connectivity index (χ1n) is 7.56. The first kappa shape index (κ1) is 21.1. The summed E-state index contributed by atoms with van der Waals surface area (Å²) in [5.41, 5.74) is 0.131. The van der Waals surface area contributed by atoms with Crippen molar-refractivity contribution >= 4 is 17.7 Å². The lowest BCUT2D eigenvalue weighted by molar-refractivity contribution is -0.143. The molecule has 0 saturated heterocycles. The van der Waals surface area contributed by atoms with E-state index in [-0.39, 0.29) is 12.2 Å². The van der Waals surface area contributed by atoms with Crippen LogP contribution in [0.1, 0.15) is 22.8 Å². The van der Waals surface area contributed by atoms with Gasteiger partial charge in [-0.25, -0.2) is 5.48 Å². The van der Waals surface area contributed by atoms with Crippen LogP contribution in [0.4, 0.5) is 0 Å². The van der Waals surface area contributed by atoms with Crippen LogP contribution in [0.15, 0.2) is 24.3 Å². The average molecular weight is 363 g/mol. The lowest BCUT2D eigenvalue weighted by Gasteiger charge is -2.26. The normalized spacial score (nSPS) is 13.4. The highest BCUT2D eigenvalue weighted by atomic mass is 16.5. The molecule has 0 bridgehead atoms. The van der Waals surface area contributed by atoms with Crippen molar-refractivity contribution in [3.05, 3.63) is 35.4 Å². The second-order valence-electron chi connectivity index (χ2n) is 5.35. The molecule has 0 saturated carbocycles. The molecule has 140 valence electrons. The summed E-state index contributed by atoms with van der Waals surface area (Å²) < 4.78 is 4.92. The summed E-state index contributed by atoms with van der Waals surface area (Å²) in [5, 5.41) is 22.3. The van der Waals surface area contributed by atoms with Crippen molar-refractivity contribution in [3.63, 3.8) is 0 Å². The van der Waals surface area contributed by atoms with Gasteiger partial charge in [0.2, 0.25) is 0 Å². The smallest absolute Gasteiger partial charge is 0.278 e. The number of benzene rings is 1. The van der Waals surface area contributed by atoms with E-state index in [1.165, 1.54) is 31.8 Å². The molecule has 0 aliphatic heterocycles. The molecule has 3 amide bonds. The van der Waals surface area contributed by atoms with Crippen LogP contribution < -0.4 is 16.1 Å². The zero-order chi connectivity index (χ0) is 19.7. The Bertz CT molecular complexity index is 700. The van der Waals surface area contributed by atoms with Crippen molar-refractivity contribution in [2.45, 2.75) is 18.6 Å². The number of aliphatic hydroxyl groups excluding tert-OH is 1. The summed E-state index contributed by atoms with van der Waals surface area (Å²) in [5.74, 6) is 2.93. The van der Waals surface area contributed by atoms with E-state index in [9.17, 15) is 14.4 Å². The van der Waals surface area contributed by atoms with E-state index in [4.69, 9.17) is 15.1 Å². The van der Waals surface area contributed by atoms with E-state index in [1.54, 1.807) is 12.1 Å². The van der Waals surface area contributed by atoms with E-state index in [0.29, 0.717) is 5.56 Å². The predicted octanol–water partition coefficient (Wildman–Crippen LogP) is -1.21. The largest absolute Gasteiger partial charge is 0.393 e. The van der Waals surface area contributed by atoms with Gasteiger partial charge >= 0.3 is 0 Å². The van der Waals surface area contributed by atoms with E-state index in [2.05, 4.69) is 22.5 Å². The maximum Gasteiger partial charge on any atom is 0.278 e. The summed E-state index contributed by atoms with van der Waals surface area (Å²) in [4.78, 5) is 36.0. The minimum Gasteiger partial charge on any atom is -0.393 e. The number of ether oxygens (including phenoxy) is 1. The molecule has 0 fully saturated rings. The number of rotatable bonds is 6. The summed E-state index contributed by atoms with van der Waals surface area (Å²) in [6.45, 7) is 0.921. The topological polar surface area (TPSA) is 137 Å². The first-order chi connectivity index (χ1) is 12.3. The van der Waals surface area contributed by atoms with E-state index in [1.807, 2.05) is 0 Å². The van der Waals surface area contributed by atoms with Gasteiger partial charge in [0.15, 0.2) is 5.54 Å². The molecule has 0 aliphatic carbocycles. The Hall–Kier alpha value is -2.93. The highest BCUT2D eigenvalue weighted by Crippen LogP contribution is 2.09. The van der Waals surface area contributed by atoms with E-state index >= 15 is 0 Å². The van der Waals surface area contributed by atoms with Crippen molar-refractivity contribution in [3.8, 4) is 11.8 Å². The van der Waals surface area contributed by atoms with Gasteiger partial charge in [0, 0.05) is 25.3 Å². The Morgan fingerprint density at radius 1 is 1.23 bits per heavy atom. The van der Waals surface area contributed by atoms with Crippen LogP contribution >= 0.6 is 0 Å². The van der Waals surface area contributed by atoms with Gasteiger partial charge in [0.05, 0.1) is 6.61 Å². The number of aliphatic hydroxyl groups is 1. The minimum absolute atomic E-state index is 0.182. The standard InChI is InChI=1S/C17H21N3O6/c1-17(15(23)18-2,16(24)20-25)19-14(22)12-7-4-11(5-8-12)6-9-13(10-21)26-3/h4-5,7-8,13,21,25H,10H2,1-3H3,(H,18,23)(H,19,22)(H,20,24). The van der Waals surface area contributed by atoms with Crippen LogP contribution in [-0.4, -0.2) is 60.4 Å². The molecule has 1 rings (SSSR count). The zero-order valence-corrected chi connectivity index (χ0v) is 14.6. The molecule has 5 N–H and O–H groups in total. The molecule has 0 spiro atoms. The number of methoxy groups -OCH3 is 1. The Labute approximate surface area is 150 Å². The second-order valence-corrected chi connectivity index (χ2v) is 5.35. The first-order valence-corrected chi connectivity index (χ1v) is 7.56. The fourth-order valence-electron chi connectivity index (χ4n) is 1.93. The molecule has 9 heteroatoms. The van der Waals surface area contributed by atoms with Crippen LogP contribution in [0.25, 0.3) is 0 Å². The highest BCUT2D eigenvalue weighted by molar-refractivity contribution is 6.12. The summed E-state index contributed by atoms with van der Waals surface area (Å²) in [6.07, 6.45) is -0.608. The Kier molecular flexibility index (Phi) is 7.74. The lowest BCUT2D eigenvalue weighted by atomic mass is 9.99. The number of carbonyl (C=O) groups is 3. The molecule has 9 nitrogen and oxygen atoms in total. The molecule has 26 heavy (non-hydrogen) atoms. The summed E-state index contributed by atoms with van der Waals surface area (Å²) in [7, 11) is 2.72. The predicted molar refractivity (Wildman–Crippen MR) is 91.1 cm³/mol. The number of nitrogens with one attached hydrogen (secondary N) is 3. The van der Waals surface area contributed by atoms with Gasteiger partial charge in [-0.15, -0.1) is 0 Å². The van der Waals surface area contributed by atoms with Crippen molar-refractivity contribution in [1.82, 2.24) is 16.1 Å². The molecule has 2 unspecified atom stereocenters. The van der Waals surface area contributed by atoms with Crippen LogP contribution in [0.2, 0.25) is 0 Å². The van der Waals surface area contributed by atoms with Crippen molar-refractivity contribution in [2.75, 3.05) is 20.8 Å². The zero-order valence-electron chi connectivity index (χ0n) is 14.6. The number of hydrogen-bond acceptors (Lipinski definition) is 6. The van der Waals surface area contributed by atoms with Gasteiger partial charge in [0.25, 0.3) is 17.7 Å². The van der Waals surface area contributed by atoms with Gasteiger partial charge in [-0.2, -0.15) is 0 Å². The van der Waals surface area contributed by atoms with Crippen LogP contribution in [0.3, 0.4) is 0 Å². The monoisotopic (exact) mass is 363 g/mol. The van der Waals surface area contributed by atoms with Crippen molar-refractivity contribution in [2.24, 2.45) is 0 Å². The van der Waals surface area contributed by atoms with Crippen LogP contribution in [0, 0.1) is 11.8 Å². The Morgan fingerprint density at radius 3 is 2.31 bits per heavy atom. The maximum absolute atomic E-state index is 12.3. The van der Waals surface area contributed by atoms with Gasteiger partial charge in [-0.05, 0) is 31.2 Å². The third-order valence-corrected chi connectivity index (χ3v) is 3.58. The van der Waals surface area contributed by atoms with E-state index in [0.717, 1.165) is 6.92 Å². The van der Waals surface area contributed by atoms with Crippen LogP contribution in [0.5, 0.6) is 0 Å². The molecule has 2 atom stereocenters. The molecule has 0 aromatic heterocycles. The fourth-order valence-corrected chi connectivity index (χ4v) is 1.93. The minimum atomic E-state index is -1.99. The fraction of sp³-hybridized carbons (Fsp3) is 0.353. The highest BCUT2D eigenvalue weighted by Gasteiger charge is 2.42. The Balaban J connectivity index is 2.96. The number of carbonyl (C=O) groups excluding carboxylic acids is 3. The third kappa shape index (κ3) is 5.03. The Morgan fingerprint density at radius 2 is 1.85 bits per heavy atom. The molecular formula is C17H21N3O6. The van der Waals surface area contributed by atoms with E-state index < -0.39 is 29.4 Å². The maximum atomic E-state index is 12.3. The molecular weight excluding hydrogens is 342 g/mol. The van der Waals surface area contributed by atoms with Gasteiger partial charge < -0.3 is 20.5 Å². The molecule has 1 aromatic rings. The number of hydrogen-bond donors (Lipinski definition) is 5. The lowest BCUT2D eigenvalue weighted by Crippen LogP contribution is -2.64. The summed E-state index contributed by atoms with van der Waals surface area (Å²) in [6, 6.07) is 6.05. The SMILES string of the molecule is CNC(=O)C(C)(NC(=O)c1ccc(C#CC(CO)OC)cc1)C(=O)NO. The number of amides is 3. The third-order valence-electron chi connectivity index (χ3n) is 3.58. The quantitative estimate of drug-likeness (QED) is 0.186. The molecule has 0 heterocycles. The molecule has 1 aromatic carbocycles. The van der Waals surface area contributed by atoms with Crippen LogP contribution in [-0.2, 0) is 14.3 Å². The summed E-state index contributed by atoms with van der Waals surface area (Å²) >= 11 is 0. The number of likely N-dealkylation sites (N-methyl/N-ethyl adjacent to an activating group) is 1.